The van der Waals surface area contributed by atoms with E-state index < -0.39 is 12.2 Å². The predicted molar refractivity (Wildman–Crippen MR) is 115 cm³/mol. The second-order valence-electron chi connectivity index (χ2n) is 7.28. The quantitative estimate of drug-likeness (QED) is 0.356. The molecule has 9 heteroatoms. The van der Waals surface area contributed by atoms with Crippen molar-refractivity contribution in [2.24, 2.45) is 4.99 Å². The van der Waals surface area contributed by atoms with Crippen LogP contribution in [0.25, 0.3) is 5.69 Å². The second kappa shape index (κ2) is 8.09. The number of halogens is 4. The molecule has 0 bridgehead atoms. The fourth-order valence-electron chi connectivity index (χ4n) is 3.66. The van der Waals surface area contributed by atoms with Crippen molar-refractivity contribution in [3.8, 4) is 11.4 Å². The Morgan fingerprint density at radius 3 is 2.21 bits per heavy atom. The van der Waals surface area contributed by atoms with Crippen LogP contribution in [0.2, 0.25) is 0 Å². The lowest BCUT2D eigenvalue weighted by Gasteiger charge is -2.30. The molecule has 166 valence electrons. The molecule has 5 rings (SSSR count). The molecule has 0 N–H and O–H groups in total. The Bertz CT molecular complexity index is 1310. The lowest BCUT2D eigenvalue weighted by molar-refractivity contribution is -0.274. The molecule has 0 amide bonds. The number of amidine groups is 1. The van der Waals surface area contributed by atoms with Gasteiger partial charge in [-0.1, -0.05) is 30.3 Å². The third-order valence-corrected chi connectivity index (χ3v) is 5.11. The van der Waals surface area contributed by atoms with Gasteiger partial charge in [0.05, 0.1) is 24.0 Å². The first-order chi connectivity index (χ1) is 15.9. The second-order valence-corrected chi connectivity index (χ2v) is 7.28. The maximum Gasteiger partial charge on any atom is 0.573 e. The lowest BCUT2D eigenvalue weighted by Crippen LogP contribution is -2.34. The largest absolute Gasteiger partial charge is 0.573 e. The maximum atomic E-state index is 14.8. The summed E-state index contributed by atoms with van der Waals surface area (Å²) >= 11 is 0. The molecule has 0 fully saturated rings. The Morgan fingerprint density at radius 2 is 1.52 bits per heavy atom. The van der Waals surface area contributed by atoms with E-state index in [0.717, 1.165) is 11.3 Å². The van der Waals surface area contributed by atoms with Gasteiger partial charge in [-0.2, -0.15) is 5.10 Å². The lowest BCUT2D eigenvalue weighted by atomic mass is 10.1. The van der Waals surface area contributed by atoms with Gasteiger partial charge in [-0.25, -0.2) is 14.1 Å². The van der Waals surface area contributed by atoms with Crippen LogP contribution in [-0.4, -0.2) is 22.0 Å². The number of anilines is 1. The summed E-state index contributed by atoms with van der Waals surface area (Å²) in [6, 6.07) is 21.0. The number of hydrogen-bond donors (Lipinski definition) is 0. The van der Waals surface area contributed by atoms with Gasteiger partial charge in [0.1, 0.15) is 17.4 Å². The van der Waals surface area contributed by atoms with Crippen molar-refractivity contribution in [1.29, 1.82) is 0 Å². The topological polar surface area (TPSA) is 42.7 Å². The molecule has 0 unspecified atom stereocenters. The van der Waals surface area contributed by atoms with Crippen molar-refractivity contribution in [3.63, 3.8) is 0 Å². The van der Waals surface area contributed by atoms with Crippen molar-refractivity contribution in [1.82, 2.24) is 9.78 Å². The molecule has 0 saturated carbocycles. The maximum absolute atomic E-state index is 14.8. The number of nitrogens with zero attached hydrogens (tertiary/aromatic N) is 4. The zero-order valence-corrected chi connectivity index (χ0v) is 17.0. The van der Waals surface area contributed by atoms with Gasteiger partial charge in [0, 0.05) is 11.3 Å². The van der Waals surface area contributed by atoms with Crippen LogP contribution >= 0.6 is 0 Å². The molecule has 0 saturated heterocycles. The first kappa shape index (κ1) is 20.7. The molecule has 0 atom stereocenters. The van der Waals surface area contributed by atoms with Gasteiger partial charge in [0.15, 0.2) is 5.82 Å². The minimum Gasteiger partial charge on any atom is -0.406 e. The third-order valence-electron chi connectivity index (χ3n) is 5.11. The van der Waals surface area contributed by atoms with E-state index in [2.05, 4.69) is 9.84 Å². The number of hydrogen-bond acceptors (Lipinski definition) is 4. The van der Waals surface area contributed by atoms with Crippen LogP contribution in [0.1, 0.15) is 11.1 Å². The third kappa shape index (κ3) is 4.17. The van der Waals surface area contributed by atoms with Crippen molar-refractivity contribution >= 4 is 17.3 Å². The van der Waals surface area contributed by atoms with Crippen molar-refractivity contribution in [3.05, 3.63) is 102 Å². The summed E-state index contributed by atoms with van der Waals surface area (Å²) in [6.45, 7) is 0.300. The number of aromatic nitrogens is 2. The number of fused-ring (bicyclic) bond motifs is 1. The number of ether oxygens (including phenoxy) is 1. The summed E-state index contributed by atoms with van der Waals surface area (Å²) < 4.78 is 58.0. The highest BCUT2D eigenvalue weighted by Crippen LogP contribution is 2.34. The molecule has 0 radical (unpaired) electrons. The van der Waals surface area contributed by atoms with Crippen molar-refractivity contribution in [2.75, 3.05) is 4.90 Å². The van der Waals surface area contributed by atoms with Gasteiger partial charge in [0.25, 0.3) is 0 Å². The van der Waals surface area contributed by atoms with E-state index in [9.17, 15) is 17.6 Å². The Kier molecular flexibility index (Phi) is 5.08. The smallest absolute Gasteiger partial charge is 0.406 e. The number of para-hydroxylation sites is 1. The van der Waals surface area contributed by atoms with Gasteiger partial charge in [-0.15, -0.1) is 13.2 Å². The number of rotatable bonds is 4. The molecule has 1 aliphatic heterocycles. The van der Waals surface area contributed by atoms with Crippen LogP contribution in [0, 0.1) is 5.82 Å². The summed E-state index contributed by atoms with van der Waals surface area (Å²) in [7, 11) is 0. The molecule has 5 nitrogen and oxygen atoms in total. The zero-order chi connectivity index (χ0) is 23.0. The number of aliphatic imine (C=N–C) groups is 1. The first-order valence-corrected chi connectivity index (χ1v) is 9.98. The summed E-state index contributed by atoms with van der Waals surface area (Å²) in [5, 5.41) is 4.45. The first-order valence-electron chi connectivity index (χ1n) is 9.98. The molecule has 1 aliphatic rings. The van der Waals surface area contributed by atoms with E-state index in [1.54, 1.807) is 34.0 Å². The standard InChI is InChI=1S/C24H16F4N4O/c25-21-9-5-4-8-20(21)23-30-22-16(14-29-32(22)18-6-2-1-3-7-18)15-31(23)17-10-12-19(13-11-17)33-24(26,27)28/h1-14H,15H2. The number of benzene rings is 3. The van der Waals surface area contributed by atoms with Crippen LogP contribution < -0.4 is 9.64 Å². The van der Waals surface area contributed by atoms with Crippen LogP contribution in [0.4, 0.5) is 29.1 Å². The summed E-state index contributed by atoms with van der Waals surface area (Å²) in [5.74, 6) is 0.0771. The summed E-state index contributed by atoms with van der Waals surface area (Å²) in [5.41, 5.74) is 2.39. The van der Waals surface area contributed by atoms with E-state index in [4.69, 9.17) is 4.99 Å². The number of alkyl halides is 3. The minimum absolute atomic E-state index is 0.263. The monoisotopic (exact) mass is 452 g/mol. The predicted octanol–water partition coefficient (Wildman–Crippen LogP) is 6.01. The van der Waals surface area contributed by atoms with Crippen molar-refractivity contribution < 1.29 is 22.3 Å². The highest BCUT2D eigenvalue weighted by atomic mass is 19.4. The Balaban J connectivity index is 1.59. The zero-order valence-electron chi connectivity index (χ0n) is 17.0. The fourth-order valence-corrected chi connectivity index (χ4v) is 3.66. The molecule has 0 spiro atoms. The fraction of sp³-hybridized carbons (Fsp3) is 0.0833. The minimum atomic E-state index is -4.78. The SMILES string of the molecule is Fc1ccccc1C1=Nc2c(cnn2-c2ccccc2)CN1c1ccc(OC(F)(F)F)cc1. The van der Waals surface area contributed by atoms with Crippen molar-refractivity contribution in [2.45, 2.75) is 12.9 Å². The molecule has 3 aromatic carbocycles. The van der Waals surface area contributed by atoms with E-state index >= 15 is 0 Å². The van der Waals surface area contributed by atoms with Crippen LogP contribution in [0.15, 0.2) is 90.1 Å². The summed E-state index contributed by atoms with van der Waals surface area (Å²) in [4.78, 5) is 6.48. The average Bonchev–Trinajstić information content (AvgIpc) is 3.22. The van der Waals surface area contributed by atoms with E-state index in [1.807, 2.05) is 30.3 Å². The highest BCUT2D eigenvalue weighted by Gasteiger charge is 2.31. The van der Waals surface area contributed by atoms with E-state index in [0.29, 0.717) is 23.9 Å². The average molecular weight is 452 g/mol. The molecule has 1 aromatic heterocycles. The summed E-state index contributed by atoms with van der Waals surface area (Å²) in [6.07, 6.45) is -3.11. The Labute approximate surface area is 186 Å². The normalized spacial score (nSPS) is 13.5. The highest BCUT2D eigenvalue weighted by molar-refractivity contribution is 6.12. The molecular formula is C24H16F4N4O. The van der Waals surface area contributed by atoms with Crippen LogP contribution in [0.5, 0.6) is 5.75 Å². The molecule has 33 heavy (non-hydrogen) atoms. The Morgan fingerprint density at radius 1 is 0.818 bits per heavy atom. The molecular weight excluding hydrogens is 436 g/mol. The van der Waals surface area contributed by atoms with Gasteiger partial charge in [-0.05, 0) is 48.5 Å². The Hall–Kier alpha value is -4.14. The van der Waals surface area contributed by atoms with E-state index in [-0.39, 0.29) is 11.3 Å². The van der Waals surface area contributed by atoms with Crippen LogP contribution in [0.3, 0.4) is 0 Å². The van der Waals surface area contributed by atoms with Gasteiger partial charge < -0.3 is 9.64 Å². The van der Waals surface area contributed by atoms with Gasteiger partial charge in [0.2, 0.25) is 0 Å². The van der Waals surface area contributed by atoms with Gasteiger partial charge in [-0.3, -0.25) is 0 Å². The molecule has 0 aliphatic carbocycles. The van der Waals surface area contributed by atoms with E-state index in [1.165, 1.54) is 30.3 Å². The molecule has 2 heterocycles. The van der Waals surface area contributed by atoms with Gasteiger partial charge >= 0.3 is 6.36 Å². The van der Waals surface area contributed by atoms with Crippen LogP contribution in [-0.2, 0) is 6.54 Å². The molecule has 4 aromatic rings.